The fourth-order valence-corrected chi connectivity index (χ4v) is 2.91. The molecule has 0 spiro atoms. The molecule has 1 heterocycles. The Bertz CT molecular complexity index is 639. The molecule has 0 radical (unpaired) electrons. The van der Waals surface area contributed by atoms with Gasteiger partial charge in [0.15, 0.2) is 0 Å². The lowest BCUT2D eigenvalue weighted by Crippen LogP contribution is -2.04. The Labute approximate surface area is 101 Å². The molecule has 1 aromatic heterocycles. The van der Waals surface area contributed by atoms with E-state index in [0.717, 1.165) is 22.5 Å². The molecule has 0 aliphatic heterocycles. The first-order valence-corrected chi connectivity index (χ1v) is 5.74. The Hall–Kier alpha value is -1.88. The van der Waals surface area contributed by atoms with Crippen LogP contribution in [0.25, 0.3) is 10.1 Å². The highest BCUT2D eigenvalue weighted by atomic mass is 32.1. The Balaban J connectivity index is 2.97. The Kier molecular flexibility index (Phi) is 2.63. The van der Waals surface area contributed by atoms with E-state index in [1.807, 2.05) is 19.9 Å². The maximum absolute atomic E-state index is 11.2. The number of aryl methyl sites for hydroxylation is 2. The van der Waals surface area contributed by atoms with Gasteiger partial charge in [-0.05, 0) is 31.0 Å². The van der Waals surface area contributed by atoms with E-state index in [0.29, 0.717) is 10.1 Å². The lowest BCUT2D eigenvalue weighted by Gasteiger charge is -2.02. The molecule has 17 heavy (non-hydrogen) atoms. The lowest BCUT2D eigenvalue weighted by atomic mass is 10.0. The Morgan fingerprint density at radius 3 is 2.29 bits per heavy atom. The van der Waals surface area contributed by atoms with Crippen molar-refractivity contribution in [2.24, 2.45) is 0 Å². The van der Waals surface area contributed by atoms with E-state index in [4.69, 9.17) is 10.2 Å². The van der Waals surface area contributed by atoms with Crippen molar-refractivity contribution < 1.29 is 19.8 Å². The molecule has 0 saturated heterocycles. The SMILES string of the molecule is Cc1ccc2sc(C(=O)O)c(C(=O)O)c2c1C. The minimum absolute atomic E-state index is 0.0984. The smallest absolute Gasteiger partial charge is 0.346 e. The lowest BCUT2D eigenvalue weighted by molar-refractivity contribution is 0.0657. The third-order valence-electron chi connectivity index (χ3n) is 2.79. The summed E-state index contributed by atoms with van der Waals surface area (Å²) in [6.07, 6.45) is 0. The minimum Gasteiger partial charge on any atom is -0.478 e. The molecule has 5 heteroatoms. The van der Waals surface area contributed by atoms with Crippen LogP contribution in [0.4, 0.5) is 0 Å². The molecule has 0 amide bonds. The number of aromatic carboxylic acids is 2. The van der Waals surface area contributed by atoms with Crippen molar-refractivity contribution in [1.82, 2.24) is 0 Å². The molecule has 2 aromatic rings. The predicted octanol–water partition coefficient (Wildman–Crippen LogP) is 2.91. The van der Waals surface area contributed by atoms with Crippen LogP contribution in [0.15, 0.2) is 12.1 Å². The van der Waals surface area contributed by atoms with E-state index < -0.39 is 11.9 Å². The van der Waals surface area contributed by atoms with Crippen molar-refractivity contribution in [2.45, 2.75) is 13.8 Å². The van der Waals surface area contributed by atoms with Gasteiger partial charge in [0.2, 0.25) is 0 Å². The first-order chi connectivity index (χ1) is 7.93. The Morgan fingerprint density at radius 1 is 1.12 bits per heavy atom. The van der Waals surface area contributed by atoms with Crippen molar-refractivity contribution >= 4 is 33.4 Å². The van der Waals surface area contributed by atoms with Crippen molar-refractivity contribution in [1.29, 1.82) is 0 Å². The largest absolute Gasteiger partial charge is 0.478 e. The zero-order valence-corrected chi connectivity index (χ0v) is 10.1. The van der Waals surface area contributed by atoms with Gasteiger partial charge < -0.3 is 10.2 Å². The summed E-state index contributed by atoms with van der Waals surface area (Å²) in [7, 11) is 0. The summed E-state index contributed by atoms with van der Waals surface area (Å²) in [6, 6.07) is 3.63. The fourth-order valence-electron chi connectivity index (χ4n) is 1.82. The van der Waals surface area contributed by atoms with Gasteiger partial charge in [-0.2, -0.15) is 0 Å². The highest BCUT2D eigenvalue weighted by Gasteiger charge is 2.24. The van der Waals surface area contributed by atoms with Gasteiger partial charge in [-0.25, -0.2) is 9.59 Å². The molecule has 4 nitrogen and oxygen atoms in total. The van der Waals surface area contributed by atoms with Gasteiger partial charge in [0.1, 0.15) is 4.88 Å². The number of carboxylic acids is 2. The predicted molar refractivity (Wildman–Crippen MR) is 65.2 cm³/mol. The normalized spacial score (nSPS) is 10.7. The third-order valence-corrected chi connectivity index (χ3v) is 3.94. The number of benzene rings is 1. The van der Waals surface area contributed by atoms with Crippen LogP contribution < -0.4 is 0 Å². The highest BCUT2D eigenvalue weighted by molar-refractivity contribution is 7.21. The fraction of sp³-hybridized carbons (Fsp3) is 0.167. The molecular weight excluding hydrogens is 240 g/mol. The van der Waals surface area contributed by atoms with Gasteiger partial charge in [-0.3, -0.25) is 0 Å². The van der Waals surface area contributed by atoms with Crippen LogP contribution in [0, 0.1) is 13.8 Å². The van der Waals surface area contributed by atoms with Crippen LogP contribution in [-0.2, 0) is 0 Å². The summed E-state index contributed by atoms with van der Waals surface area (Å²) in [6.45, 7) is 3.68. The summed E-state index contributed by atoms with van der Waals surface area (Å²) in [5, 5.41) is 18.7. The average Bonchev–Trinajstić information content (AvgIpc) is 2.63. The monoisotopic (exact) mass is 250 g/mol. The van der Waals surface area contributed by atoms with Crippen LogP contribution in [0.2, 0.25) is 0 Å². The molecule has 0 atom stereocenters. The number of rotatable bonds is 2. The second-order valence-electron chi connectivity index (χ2n) is 3.80. The summed E-state index contributed by atoms with van der Waals surface area (Å²) in [5.41, 5.74) is 1.68. The second-order valence-corrected chi connectivity index (χ2v) is 4.85. The Morgan fingerprint density at radius 2 is 1.76 bits per heavy atom. The standard InChI is InChI=1S/C12H10O4S/c1-5-3-4-7-8(6(5)2)9(11(13)14)10(17-7)12(15)16/h3-4H,1-2H3,(H,13,14)(H,15,16). The zero-order valence-electron chi connectivity index (χ0n) is 9.27. The summed E-state index contributed by atoms with van der Waals surface area (Å²) >= 11 is 1.00. The van der Waals surface area contributed by atoms with Crippen LogP contribution in [0.1, 0.15) is 31.2 Å². The van der Waals surface area contributed by atoms with Crippen LogP contribution >= 0.6 is 11.3 Å². The van der Waals surface area contributed by atoms with Crippen molar-refractivity contribution in [3.8, 4) is 0 Å². The first kappa shape index (κ1) is 11.6. The van der Waals surface area contributed by atoms with Crippen LogP contribution in [-0.4, -0.2) is 22.2 Å². The second kappa shape index (κ2) is 3.85. The summed E-state index contributed by atoms with van der Waals surface area (Å²) in [4.78, 5) is 22.1. The summed E-state index contributed by atoms with van der Waals surface area (Å²) < 4.78 is 0.697. The molecule has 0 aliphatic carbocycles. The third kappa shape index (κ3) is 1.68. The minimum atomic E-state index is -1.19. The van der Waals surface area contributed by atoms with Crippen molar-refractivity contribution in [3.63, 3.8) is 0 Å². The molecule has 2 N–H and O–H groups in total. The number of hydrogen-bond donors (Lipinski definition) is 2. The maximum Gasteiger partial charge on any atom is 0.346 e. The number of fused-ring (bicyclic) bond motifs is 1. The van der Waals surface area contributed by atoms with Gasteiger partial charge in [0.05, 0.1) is 5.56 Å². The quantitative estimate of drug-likeness (QED) is 0.859. The van der Waals surface area contributed by atoms with E-state index in [1.165, 1.54) is 0 Å². The molecule has 2 rings (SSSR count). The van der Waals surface area contributed by atoms with Gasteiger partial charge in [-0.15, -0.1) is 11.3 Å². The van der Waals surface area contributed by atoms with Gasteiger partial charge >= 0.3 is 11.9 Å². The molecule has 0 fully saturated rings. The van der Waals surface area contributed by atoms with E-state index in [-0.39, 0.29) is 10.4 Å². The van der Waals surface area contributed by atoms with E-state index in [1.54, 1.807) is 6.07 Å². The van der Waals surface area contributed by atoms with E-state index in [9.17, 15) is 9.59 Å². The number of carbonyl (C=O) groups is 2. The molecule has 0 bridgehead atoms. The topological polar surface area (TPSA) is 74.6 Å². The molecule has 0 saturated carbocycles. The van der Waals surface area contributed by atoms with Gasteiger partial charge in [0, 0.05) is 10.1 Å². The molecule has 88 valence electrons. The number of thiophene rings is 1. The van der Waals surface area contributed by atoms with Crippen LogP contribution in [0.3, 0.4) is 0 Å². The summed E-state index contributed by atoms with van der Waals surface area (Å²) in [5.74, 6) is -2.39. The zero-order chi connectivity index (χ0) is 12.7. The maximum atomic E-state index is 11.2. The van der Waals surface area contributed by atoms with Gasteiger partial charge in [-0.1, -0.05) is 6.07 Å². The first-order valence-electron chi connectivity index (χ1n) is 4.92. The molecular formula is C12H10O4S. The average molecular weight is 250 g/mol. The molecule has 1 aromatic carbocycles. The van der Waals surface area contributed by atoms with Crippen molar-refractivity contribution in [2.75, 3.05) is 0 Å². The molecule has 0 unspecified atom stereocenters. The van der Waals surface area contributed by atoms with Crippen molar-refractivity contribution in [3.05, 3.63) is 33.7 Å². The van der Waals surface area contributed by atoms with Gasteiger partial charge in [0.25, 0.3) is 0 Å². The van der Waals surface area contributed by atoms with Crippen LogP contribution in [0.5, 0.6) is 0 Å². The number of carboxylic acid groups (broad SMARTS) is 2. The number of hydrogen-bond acceptors (Lipinski definition) is 3. The highest BCUT2D eigenvalue weighted by Crippen LogP contribution is 2.34. The van der Waals surface area contributed by atoms with E-state index in [2.05, 4.69) is 0 Å². The molecule has 0 aliphatic rings. The van der Waals surface area contributed by atoms with E-state index >= 15 is 0 Å².